The van der Waals surface area contributed by atoms with E-state index < -0.39 is 0 Å². The average molecular weight is 439 g/mol. The second-order valence-corrected chi connectivity index (χ2v) is 8.28. The number of fused-ring (bicyclic) bond motifs is 3. The summed E-state index contributed by atoms with van der Waals surface area (Å²) in [5.41, 5.74) is 3.75. The molecule has 2 aliphatic rings. The molecule has 7 heteroatoms. The first-order valence-electron chi connectivity index (χ1n) is 10.5. The molecule has 1 unspecified atom stereocenters. The van der Waals surface area contributed by atoms with Gasteiger partial charge < -0.3 is 14.2 Å². The molecule has 160 valence electrons. The van der Waals surface area contributed by atoms with E-state index in [0.29, 0.717) is 30.7 Å². The monoisotopic (exact) mass is 438 g/mol. The zero-order valence-corrected chi connectivity index (χ0v) is 17.8. The number of aromatic nitrogens is 2. The van der Waals surface area contributed by atoms with Gasteiger partial charge in [0.05, 0.1) is 11.8 Å². The fourth-order valence-electron chi connectivity index (χ4n) is 4.05. The SMILES string of the molecule is O=c1nc(OCC2CCCO2)cc2n1CCc1cc(OCc3ccc(Cl)cc3)ccc1-2. The van der Waals surface area contributed by atoms with E-state index in [-0.39, 0.29) is 11.8 Å². The molecule has 0 aliphatic carbocycles. The minimum absolute atomic E-state index is 0.0771. The van der Waals surface area contributed by atoms with Gasteiger partial charge in [0.15, 0.2) is 0 Å². The highest BCUT2D eigenvalue weighted by atomic mass is 35.5. The topological polar surface area (TPSA) is 62.6 Å². The van der Waals surface area contributed by atoms with Crippen LogP contribution in [0.25, 0.3) is 11.3 Å². The average Bonchev–Trinajstić information content (AvgIpc) is 3.31. The van der Waals surface area contributed by atoms with Gasteiger partial charge in [-0.15, -0.1) is 0 Å². The van der Waals surface area contributed by atoms with Crippen molar-refractivity contribution in [1.29, 1.82) is 0 Å². The lowest BCUT2D eigenvalue weighted by atomic mass is 9.97. The molecule has 0 spiro atoms. The second kappa shape index (κ2) is 8.73. The van der Waals surface area contributed by atoms with E-state index in [4.69, 9.17) is 25.8 Å². The molecular formula is C24H23ClN2O4. The van der Waals surface area contributed by atoms with Crippen LogP contribution in [0.3, 0.4) is 0 Å². The summed E-state index contributed by atoms with van der Waals surface area (Å²) in [6.45, 7) is 2.24. The first-order valence-corrected chi connectivity index (χ1v) is 10.9. The summed E-state index contributed by atoms with van der Waals surface area (Å²) < 4.78 is 19.0. The number of benzene rings is 2. The number of rotatable bonds is 6. The van der Waals surface area contributed by atoms with Gasteiger partial charge in [0.25, 0.3) is 0 Å². The molecule has 6 nitrogen and oxygen atoms in total. The van der Waals surface area contributed by atoms with E-state index >= 15 is 0 Å². The quantitative estimate of drug-likeness (QED) is 0.575. The molecule has 5 rings (SSSR count). The summed E-state index contributed by atoms with van der Waals surface area (Å²) in [6, 6.07) is 15.4. The largest absolute Gasteiger partial charge is 0.489 e. The summed E-state index contributed by atoms with van der Waals surface area (Å²) in [5.74, 6) is 1.15. The molecular weight excluding hydrogens is 416 g/mol. The van der Waals surface area contributed by atoms with Crippen molar-refractivity contribution >= 4 is 11.6 Å². The van der Waals surface area contributed by atoms with Crippen molar-refractivity contribution in [2.45, 2.75) is 38.5 Å². The predicted octanol–water partition coefficient (Wildman–Crippen LogP) is 4.26. The van der Waals surface area contributed by atoms with Crippen molar-refractivity contribution < 1.29 is 14.2 Å². The molecule has 1 saturated heterocycles. The van der Waals surface area contributed by atoms with Crippen LogP contribution in [-0.4, -0.2) is 28.9 Å². The first-order chi connectivity index (χ1) is 15.2. The third kappa shape index (κ3) is 4.45. The molecule has 2 aliphatic heterocycles. The van der Waals surface area contributed by atoms with Crippen molar-refractivity contribution in [1.82, 2.24) is 9.55 Å². The van der Waals surface area contributed by atoms with Gasteiger partial charge >= 0.3 is 5.69 Å². The van der Waals surface area contributed by atoms with Gasteiger partial charge in [-0.2, -0.15) is 4.98 Å². The molecule has 3 aromatic rings. The highest BCUT2D eigenvalue weighted by Gasteiger charge is 2.21. The van der Waals surface area contributed by atoms with Crippen LogP contribution in [0.1, 0.15) is 24.0 Å². The molecule has 1 aromatic heterocycles. The second-order valence-electron chi connectivity index (χ2n) is 7.84. The first kappa shape index (κ1) is 20.1. The number of hydrogen-bond acceptors (Lipinski definition) is 5. The van der Waals surface area contributed by atoms with E-state index in [1.165, 1.54) is 0 Å². The lowest BCUT2D eigenvalue weighted by molar-refractivity contribution is 0.0661. The molecule has 2 aromatic carbocycles. The molecule has 0 saturated carbocycles. The normalized spacial score (nSPS) is 17.1. The maximum Gasteiger partial charge on any atom is 0.351 e. The van der Waals surface area contributed by atoms with Crippen LogP contribution in [0.5, 0.6) is 11.6 Å². The molecule has 3 heterocycles. The van der Waals surface area contributed by atoms with Crippen LogP contribution >= 0.6 is 11.6 Å². The maximum atomic E-state index is 12.5. The molecule has 1 fully saturated rings. The van der Waals surface area contributed by atoms with Crippen LogP contribution in [0, 0.1) is 0 Å². The van der Waals surface area contributed by atoms with Crippen LogP contribution < -0.4 is 15.2 Å². The Morgan fingerprint density at radius 2 is 2.00 bits per heavy atom. The number of hydrogen-bond donors (Lipinski definition) is 0. The standard InChI is InChI=1S/C24H23ClN2O4/c25-18-5-3-16(4-6-18)14-30-19-7-8-21-17(12-19)9-10-27-22(21)13-23(26-24(27)28)31-15-20-2-1-11-29-20/h3-8,12-13,20H,1-2,9-11,14-15H2. The molecule has 1 atom stereocenters. The van der Waals surface area contributed by atoms with E-state index in [2.05, 4.69) is 4.98 Å². The summed E-state index contributed by atoms with van der Waals surface area (Å²) in [6.07, 6.45) is 2.85. The molecule has 31 heavy (non-hydrogen) atoms. The highest BCUT2D eigenvalue weighted by Crippen LogP contribution is 2.32. The number of ether oxygens (including phenoxy) is 3. The van der Waals surface area contributed by atoms with E-state index in [0.717, 1.165) is 54.0 Å². The third-order valence-corrected chi connectivity index (χ3v) is 5.96. The van der Waals surface area contributed by atoms with Gasteiger partial charge in [-0.1, -0.05) is 23.7 Å². The number of halogens is 1. The van der Waals surface area contributed by atoms with Crippen molar-refractivity contribution in [2.75, 3.05) is 13.2 Å². The van der Waals surface area contributed by atoms with Gasteiger partial charge in [-0.05, 0) is 60.7 Å². The van der Waals surface area contributed by atoms with Crippen molar-refractivity contribution in [3.63, 3.8) is 0 Å². The Morgan fingerprint density at radius 1 is 1.13 bits per heavy atom. The molecule has 0 amide bonds. The summed E-state index contributed by atoms with van der Waals surface area (Å²) in [4.78, 5) is 16.6. The Morgan fingerprint density at radius 3 is 2.81 bits per heavy atom. The van der Waals surface area contributed by atoms with Gasteiger partial charge in [0, 0.05) is 29.8 Å². The Labute approximate surface area is 185 Å². The lowest BCUT2D eigenvalue weighted by Gasteiger charge is -2.22. The fourth-order valence-corrected chi connectivity index (χ4v) is 4.17. The minimum atomic E-state index is -0.284. The molecule has 0 N–H and O–H groups in total. The predicted molar refractivity (Wildman–Crippen MR) is 118 cm³/mol. The summed E-state index contributed by atoms with van der Waals surface area (Å²) in [5, 5.41) is 0.708. The van der Waals surface area contributed by atoms with E-state index in [9.17, 15) is 4.79 Å². The van der Waals surface area contributed by atoms with Crippen LogP contribution in [0.4, 0.5) is 0 Å². The third-order valence-electron chi connectivity index (χ3n) is 5.70. The Hall–Kier alpha value is -2.83. The number of nitrogens with zero attached hydrogens (tertiary/aromatic N) is 2. The Balaban J connectivity index is 1.35. The van der Waals surface area contributed by atoms with Crippen LogP contribution in [0.2, 0.25) is 5.02 Å². The molecule has 0 radical (unpaired) electrons. The zero-order chi connectivity index (χ0) is 21.2. The van der Waals surface area contributed by atoms with Crippen LogP contribution in [0.15, 0.2) is 53.3 Å². The highest BCUT2D eigenvalue weighted by molar-refractivity contribution is 6.30. The van der Waals surface area contributed by atoms with Gasteiger partial charge in [-0.3, -0.25) is 4.57 Å². The van der Waals surface area contributed by atoms with Crippen molar-refractivity contribution in [3.8, 4) is 22.9 Å². The van der Waals surface area contributed by atoms with Gasteiger partial charge in [0.1, 0.15) is 19.0 Å². The summed E-state index contributed by atoms with van der Waals surface area (Å²) in [7, 11) is 0. The molecule has 0 bridgehead atoms. The van der Waals surface area contributed by atoms with Crippen molar-refractivity contribution in [2.24, 2.45) is 0 Å². The van der Waals surface area contributed by atoms with Gasteiger partial charge in [0.2, 0.25) is 5.88 Å². The Kier molecular flexibility index (Phi) is 5.66. The zero-order valence-electron chi connectivity index (χ0n) is 17.1. The van der Waals surface area contributed by atoms with E-state index in [1.54, 1.807) is 4.57 Å². The van der Waals surface area contributed by atoms with Gasteiger partial charge in [-0.25, -0.2) is 4.79 Å². The minimum Gasteiger partial charge on any atom is -0.489 e. The number of aryl methyl sites for hydroxylation is 1. The lowest BCUT2D eigenvalue weighted by Crippen LogP contribution is -2.29. The summed E-state index contributed by atoms with van der Waals surface area (Å²) >= 11 is 5.94. The van der Waals surface area contributed by atoms with Crippen molar-refractivity contribution in [3.05, 3.63) is 75.2 Å². The Bertz CT molecular complexity index is 1140. The van der Waals surface area contributed by atoms with E-state index in [1.807, 2.05) is 48.5 Å². The maximum absolute atomic E-state index is 12.5. The smallest absolute Gasteiger partial charge is 0.351 e. The van der Waals surface area contributed by atoms with Crippen LogP contribution in [-0.2, 0) is 24.3 Å². The fraction of sp³-hybridized carbons (Fsp3) is 0.333.